The largest absolute Gasteiger partial charge is 0.324 e. The number of pyridine rings is 1. The van der Waals surface area contributed by atoms with Gasteiger partial charge in [-0.2, -0.15) is 0 Å². The number of para-hydroxylation sites is 1. The number of hydrogen-bond donors (Lipinski definition) is 1. The monoisotopic (exact) mass is 307 g/mol. The highest BCUT2D eigenvalue weighted by Crippen LogP contribution is 2.61. The van der Waals surface area contributed by atoms with Crippen LogP contribution < -0.4 is 10.2 Å². The van der Waals surface area contributed by atoms with E-state index in [-0.39, 0.29) is 17.7 Å². The van der Waals surface area contributed by atoms with Crippen molar-refractivity contribution in [3.63, 3.8) is 0 Å². The van der Waals surface area contributed by atoms with Crippen molar-refractivity contribution in [3.8, 4) is 0 Å². The van der Waals surface area contributed by atoms with E-state index in [0.717, 1.165) is 16.9 Å². The van der Waals surface area contributed by atoms with E-state index >= 15 is 0 Å². The first-order chi connectivity index (χ1) is 11.0. The van der Waals surface area contributed by atoms with E-state index in [0.29, 0.717) is 12.1 Å². The third-order valence-corrected chi connectivity index (χ3v) is 4.89. The van der Waals surface area contributed by atoms with Gasteiger partial charge in [0.1, 0.15) is 0 Å². The molecule has 23 heavy (non-hydrogen) atoms. The Labute approximate surface area is 134 Å². The lowest BCUT2D eigenvalue weighted by Crippen LogP contribution is -2.32. The number of aromatic nitrogens is 1. The van der Waals surface area contributed by atoms with Gasteiger partial charge >= 0.3 is 0 Å². The second kappa shape index (κ2) is 4.65. The van der Waals surface area contributed by atoms with Crippen LogP contribution in [0.4, 0.5) is 11.4 Å². The molecule has 1 saturated carbocycles. The number of aryl methyl sites for hydroxylation is 1. The average Bonchev–Trinajstić information content (AvgIpc) is 3.28. The van der Waals surface area contributed by atoms with Crippen LogP contribution in [0.25, 0.3) is 0 Å². The zero-order chi connectivity index (χ0) is 16.2. The minimum Gasteiger partial charge on any atom is -0.324 e. The summed E-state index contributed by atoms with van der Waals surface area (Å²) in [5, 5.41) is 2.88. The molecule has 116 valence electrons. The van der Waals surface area contributed by atoms with Crippen molar-refractivity contribution in [3.05, 3.63) is 53.9 Å². The molecule has 0 radical (unpaired) electrons. The van der Waals surface area contributed by atoms with E-state index in [1.54, 1.807) is 18.1 Å². The fourth-order valence-electron chi connectivity index (χ4n) is 3.55. The molecular formula is C18H17N3O2. The molecule has 1 spiro atoms. The third kappa shape index (κ3) is 1.89. The van der Waals surface area contributed by atoms with Crippen LogP contribution in [0.2, 0.25) is 0 Å². The van der Waals surface area contributed by atoms with Gasteiger partial charge in [0.15, 0.2) is 0 Å². The van der Waals surface area contributed by atoms with Gasteiger partial charge < -0.3 is 10.2 Å². The highest BCUT2D eigenvalue weighted by molar-refractivity contribution is 6.15. The van der Waals surface area contributed by atoms with E-state index in [9.17, 15) is 9.59 Å². The summed E-state index contributed by atoms with van der Waals surface area (Å²) >= 11 is 0. The number of likely N-dealkylation sites (N-methyl/N-ethyl adjacent to an activating group) is 1. The van der Waals surface area contributed by atoms with Gasteiger partial charge in [0.05, 0.1) is 23.2 Å². The quantitative estimate of drug-likeness (QED) is 0.925. The van der Waals surface area contributed by atoms with E-state index in [2.05, 4.69) is 10.3 Å². The molecule has 0 bridgehead atoms. The van der Waals surface area contributed by atoms with Crippen LogP contribution in [-0.4, -0.2) is 23.8 Å². The Hall–Kier alpha value is -2.69. The number of benzene rings is 1. The first-order valence-electron chi connectivity index (χ1n) is 7.65. The van der Waals surface area contributed by atoms with Crippen molar-refractivity contribution >= 4 is 23.2 Å². The summed E-state index contributed by atoms with van der Waals surface area (Å²) in [6.07, 6.45) is 2.21. The number of amides is 2. The van der Waals surface area contributed by atoms with Crippen molar-refractivity contribution < 1.29 is 9.59 Å². The Morgan fingerprint density at radius 1 is 1.30 bits per heavy atom. The van der Waals surface area contributed by atoms with Gasteiger partial charge in [-0.15, -0.1) is 0 Å². The molecular weight excluding hydrogens is 290 g/mol. The number of anilines is 2. The number of rotatable bonds is 2. The zero-order valence-corrected chi connectivity index (χ0v) is 13.0. The first kappa shape index (κ1) is 13.9. The van der Waals surface area contributed by atoms with E-state index < -0.39 is 5.41 Å². The van der Waals surface area contributed by atoms with Crippen molar-refractivity contribution in [2.24, 2.45) is 5.92 Å². The van der Waals surface area contributed by atoms with Crippen LogP contribution in [0.1, 0.15) is 17.7 Å². The number of carbonyl (C=O) groups is 2. The molecule has 4 rings (SSSR count). The third-order valence-electron chi connectivity index (χ3n) is 4.89. The van der Waals surface area contributed by atoms with Gasteiger partial charge in [-0.1, -0.05) is 18.2 Å². The van der Waals surface area contributed by atoms with Crippen LogP contribution in [0.3, 0.4) is 0 Å². The minimum atomic E-state index is -0.673. The smallest absolute Gasteiger partial charge is 0.238 e. The molecule has 2 amide bonds. The molecule has 0 saturated heterocycles. The predicted octanol–water partition coefficient (Wildman–Crippen LogP) is 2.26. The van der Waals surface area contributed by atoms with Gasteiger partial charge in [0.2, 0.25) is 11.8 Å². The SMILES string of the molecule is Cc1ccc(NC(=O)[C@H]2C[C@@]23C(=O)N(C)c2ccccc23)cn1. The molecule has 2 heterocycles. The molecule has 1 aromatic heterocycles. The Balaban J connectivity index is 1.60. The molecule has 0 unspecified atom stereocenters. The van der Waals surface area contributed by atoms with Gasteiger partial charge in [-0.3, -0.25) is 14.6 Å². The Morgan fingerprint density at radius 2 is 2.09 bits per heavy atom. The lowest BCUT2D eigenvalue weighted by atomic mass is 9.94. The summed E-state index contributed by atoms with van der Waals surface area (Å²) in [4.78, 5) is 31.1. The molecule has 1 N–H and O–H groups in total. The molecule has 1 fully saturated rings. The van der Waals surface area contributed by atoms with Gasteiger partial charge in [0.25, 0.3) is 0 Å². The van der Waals surface area contributed by atoms with Gasteiger partial charge in [0, 0.05) is 18.4 Å². The molecule has 2 atom stereocenters. The molecule has 1 aliphatic carbocycles. The number of hydrogen-bond acceptors (Lipinski definition) is 3. The normalized spacial score (nSPS) is 24.7. The summed E-state index contributed by atoms with van der Waals surface area (Å²) in [5.74, 6) is -0.419. The zero-order valence-electron chi connectivity index (χ0n) is 13.0. The van der Waals surface area contributed by atoms with Crippen LogP contribution in [0.5, 0.6) is 0 Å². The number of carbonyl (C=O) groups excluding carboxylic acids is 2. The first-order valence-corrected chi connectivity index (χ1v) is 7.65. The Kier molecular flexibility index (Phi) is 2.82. The van der Waals surface area contributed by atoms with Crippen LogP contribution in [0.15, 0.2) is 42.6 Å². The molecule has 5 nitrogen and oxygen atoms in total. The van der Waals surface area contributed by atoms with Gasteiger partial charge in [-0.25, -0.2) is 0 Å². The maximum atomic E-state index is 12.7. The number of nitrogens with zero attached hydrogens (tertiary/aromatic N) is 2. The predicted molar refractivity (Wildman–Crippen MR) is 87.2 cm³/mol. The topological polar surface area (TPSA) is 62.3 Å². The fourth-order valence-corrected chi connectivity index (χ4v) is 3.55. The Bertz CT molecular complexity index is 815. The fraction of sp³-hybridized carbons (Fsp3) is 0.278. The Morgan fingerprint density at radius 3 is 2.83 bits per heavy atom. The summed E-state index contributed by atoms with van der Waals surface area (Å²) in [6.45, 7) is 1.89. The maximum Gasteiger partial charge on any atom is 0.238 e. The van der Waals surface area contributed by atoms with E-state index in [1.807, 2.05) is 43.3 Å². The highest BCUT2D eigenvalue weighted by Gasteiger charge is 2.69. The van der Waals surface area contributed by atoms with Crippen molar-refractivity contribution in [2.45, 2.75) is 18.8 Å². The summed E-state index contributed by atoms with van der Waals surface area (Å²) in [5.41, 5.74) is 2.76. The highest BCUT2D eigenvalue weighted by atomic mass is 16.2. The summed E-state index contributed by atoms with van der Waals surface area (Å²) in [7, 11) is 1.77. The number of nitrogens with one attached hydrogen (secondary N) is 1. The lowest BCUT2D eigenvalue weighted by Gasteiger charge is -2.11. The van der Waals surface area contributed by atoms with Crippen molar-refractivity contribution in [1.82, 2.24) is 4.98 Å². The van der Waals surface area contributed by atoms with Crippen molar-refractivity contribution in [1.29, 1.82) is 0 Å². The lowest BCUT2D eigenvalue weighted by molar-refractivity contribution is -0.123. The minimum absolute atomic E-state index is 0.0147. The molecule has 1 aliphatic heterocycles. The maximum absolute atomic E-state index is 12.7. The molecule has 2 aliphatic rings. The second-order valence-electron chi connectivity index (χ2n) is 6.29. The van der Waals surface area contributed by atoms with Crippen LogP contribution >= 0.6 is 0 Å². The van der Waals surface area contributed by atoms with Crippen LogP contribution in [-0.2, 0) is 15.0 Å². The van der Waals surface area contributed by atoms with Gasteiger partial charge in [-0.05, 0) is 37.1 Å². The molecule has 2 aromatic rings. The van der Waals surface area contributed by atoms with Crippen molar-refractivity contribution in [2.75, 3.05) is 17.3 Å². The number of fused-ring (bicyclic) bond motifs is 2. The molecule has 1 aromatic carbocycles. The standard InChI is InChI=1S/C18H17N3O2/c1-11-7-8-12(10-19-11)20-16(22)14-9-18(14)13-5-3-4-6-15(13)21(2)17(18)23/h3-8,10,14H,9H2,1-2H3,(H,20,22)/t14-,18+/m1/s1. The van der Waals surface area contributed by atoms with E-state index in [4.69, 9.17) is 0 Å². The summed E-state index contributed by atoms with van der Waals surface area (Å²) in [6, 6.07) is 11.4. The van der Waals surface area contributed by atoms with Crippen LogP contribution in [0, 0.1) is 12.8 Å². The second-order valence-corrected chi connectivity index (χ2v) is 6.29. The average molecular weight is 307 g/mol. The summed E-state index contributed by atoms with van der Waals surface area (Å²) < 4.78 is 0. The molecule has 5 heteroatoms. The van der Waals surface area contributed by atoms with E-state index in [1.165, 1.54) is 0 Å².